The van der Waals surface area contributed by atoms with Gasteiger partial charge in [0.15, 0.2) is 0 Å². The van der Waals surface area contributed by atoms with E-state index in [1.54, 1.807) is 24.2 Å². The first-order chi connectivity index (χ1) is 15.6. The van der Waals surface area contributed by atoms with Gasteiger partial charge in [-0.3, -0.25) is 6.08 Å². The summed E-state index contributed by atoms with van der Waals surface area (Å²) in [6, 6.07) is 23.3. The van der Waals surface area contributed by atoms with Gasteiger partial charge in [0.1, 0.15) is 0 Å². The standard InChI is InChI=1S/C21H25.C5H5.C4H8Si2.2ClH.Zr/c1-20(2,3)16-7-9-18-14(12-16)11-15-13-17(21(4,5)6)8-10-19(15)18;1-2-4-5-3-1;1-2-6-4-3-5-1;;;/h7-13H,1-6H3;1-3H,4H2;1-4H2;2*1H;/q2*-1;;;;/p-2. The summed E-state index contributed by atoms with van der Waals surface area (Å²) in [5.74, 6) is 0. The van der Waals surface area contributed by atoms with Crippen LogP contribution in [0, 0.1) is 6.08 Å². The maximum Gasteiger partial charge on any atom is -0.0202 e. The fourth-order valence-corrected chi connectivity index (χ4v) is 47.2. The average Bonchev–Trinajstić information content (AvgIpc) is 3.58. The monoisotopic (exact) mass is 614 g/mol. The topological polar surface area (TPSA) is 0 Å². The molecule has 2 bridgehead atoms. The second kappa shape index (κ2) is 13.0. The van der Waals surface area contributed by atoms with Crippen LogP contribution in [0.15, 0.2) is 60.7 Å². The summed E-state index contributed by atoms with van der Waals surface area (Å²) >= 11 is 0.465. The number of halogens is 2. The van der Waals surface area contributed by atoms with Crippen LogP contribution in [0.4, 0.5) is 0 Å². The summed E-state index contributed by atoms with van der Waals surface area (Å²) in [6.07, 6.45) is 10.0. The summed E-state index contributed by atoms with van der Waals surface area (Å²) in [4.78, 5) is 0. The molecule has 0 amide bonds. The van der Waals surface area contributed by atoms with Gasteiger partial charge in [-0.25, -0.2) is 12.2 Å². The molecule has 35 heavy (non-hydrogen) atoms. The predicted octanol–water partition coefficient (Wildman–Crippen LogP) is 2.70. The van der Waals surface area contributed by atoms with Gasteiger partial charge in [0.2, 0.25) is 0 Å². The molecule has 6 rings (SSSR count). The summed E-state index contributed by atoms with van der Waals surface area (Å²) < 4.78 is 0. The van der Waals surface area contributed by atoms with Crippen LogP contribution in [0.1, 0.15) is 59.1 Å². The van der Waals surface area contributed by atoms with Gasteiger partial charge >= 0.3 is 55.5 Å². The molecule has 2 aliphatic heterocycles. The Balaban J connectivity index is 0.000000251. The Kier molecular flexibility index (Phi) is 11.4. The van der Waals surface area contributed by atoms with E-state index in [-0.39, 0.29) is 35.6 Å². The minimum absolute atomic E-state index is 0. The first-order valence-corrected chi connectivity index (χ1v) is 23.6. The smallest absolute Gasteiger partial charge is 0.0202 e. The Morgan fingerprint density at radius 3 is 1.46 bits per heavy atom. The van der Waals surface area contributed by atoms with Gasteiger partial charge in [-0.05, 0) is 10.8 Å². The molecule has 0 N–H and O–H groups in total. The van der Waals surface area contributed by atoms with Gasteiger partial charge in [-0.2, -0.15) is 6.08 Å². The molecule has 5 heteroatoms. The van der Waals surface area contributed by atoms with Crippen molar-refractivity contribution < 1.29 is 45.3 Å². The Morgan fingerprint density at radius 1 is 0.743 bits per heavy atom. The molecule has 3 aromatic carbocycles. The van der Waals surface area contributed by atoms with E-state index < -0.39 is 0 Å². The fourth-order valence-electron chi connectivity index (χ4n) is 4.65. The van der Waals surface area contributed by atoms with Gasteiger partial charge in [-0.1, -0.05) is 76.9 Å². The molecule has 3 aliphatic rings. The fraction of sp³-hybridized carbons (Fsp3) is 0.433. The van der Waals surface area contributed by atoms with Gasteiger partial charge < -0.3 is 24.8 Å². The van der Waals surface area contributed by atoms with E-state index in [0.29, 0.717) is 31.3 Å². The van der Waals surface area contributed by atoms with E-state index in [1.807, 2.05) is 12.2 Å². The first-order valence-electron chi connectivity index (χ1n) is 12.4. The molecular formula is C30H38Cl2Si2Zr-4. The van der Waals surface area contributed by atoms with E-state index in [0.717, 1.165) is 6.42 Å². The zero-order valence-electron chi connectivity index (χ0n) is 22.1. The molecule has 1 aliphatic carbocycles. The number of hydrogen-bond acceptors (Lipinski definition) is 0. The third kappa shape index (κ3) is 8.08. The van der Waals surface area contributed by atoms with E-state index in [4.69, 9.17) is 0 Å². The van der Waals surface area contributed by atoms with Crippen molar-refractivity contribution in [1.29, 1.82) is 0 Å². The van der Waals surface area contributed by atoms with Crippen LogP contribution in [0.3, 0.4) is 0 Å². The van der Waals surface area contributed by atoms with Gasteiger partial charge in [0.25, 0.3) is 0 Å². The zero-order valence-corrected chi connectivity index (χ0v) is 28.0. The normalized spacial score (nSPS) is 15.5. The number of hydrogen-bond donors (Lipinski definition) is 0. The van der Waals surface area contributed by atoms with Crippen molar-refractivity contribution in [2.45, 2.75) is 83.0 Å². The van der Waals surface area contributed by atoms with E-state index >= 15 is 0 Å². The van der Waals surface area contributed by atoms with Crippen molar-refractivity contribution >= 4 is 32.4 Å². The van der Waals surface area contributed by atoms with Crippen molar-refractivity contribution in [3.63, 3.8) is 0 Å². The first kappa shape index (κ1) is 30.9. The van der Waals surface area contributed by atoms with Crippen LogP contribution in [0.5, 0.6) is 0 Å². The molecule has 0 aromatic heterocycles. The van der Waals surface area contributed by atoms with Crippen LogP contribution < -0.4 is 24.8 Å². The summed E-state index contributed by atoms with van der Waals surface area (Å²) in [6.45, 7) is 13.6. The van der Waals surface area contributed by atoms with Crippen molar-refractivity contribution in [3.8, 4) is 0 Å². The Labute approximate surface area is 236 Å². The molecular weight excluding hydrogens is 579 g/mol. The van der Waals surface area contributed by atoms with Crippen LogP contribution >= 0.6 is 0 Å². The summed E-state index contributed by atoms with van der Waals surface area (Å²) in [5, 5.41) is 5.48. The Bertz CT molecular complexity index is 1190. The maximum atomic E-state index is 2.99. The minimum Gasteiger partial charge on any atom is -1.00 e. The molecule has 0 atom stereocenters. The zero-order chi connectivity index (χ0) is 23.6. The van der Waals surface area contributed by atoms with Crippen LogP contribution in [0.2, 0.25) is 24.2 Å². The third-order valence-electron chi connectivity index (χ3n) is 6.83. The van der Waals surface area contributed by atoms with Crippen LogP contribution in [-0.4, -0.2) is 10.9 Å². The summed E-state index contributed by atoms with van der Waals surface area (Å²) in [7, 11) is 0. The molecule has 2 heterocycles. The molecule has 0 radical (unpaired) electrons. The Morgan fingerprint density at radius 2 is 1.20 bits per heavy atom. The quantitative estimate of drug-likeness (QED) is 0.269. The van der Waals surface area contributed by atoms with Gasteiger partial charge in [-0.15, -0.1) is 46.2 Å². The Hall–Kier alpha value is -0.313. The number of benzene rings is 2. The van der Waals surface area contributed by atoms with E-state index in [1.165, 1.54) is 32.7 Å². The van der Waals surface area contributed by atoms with Crippen LogP contribution in [-0.2, 0) is 31.3 Å². The second-order valence-electron chi connectivity index (χ2n) is 11.6. The van der Waals surface area contributed by atoms with Crippen molar-refractivity contribution in [2.75, 3.05) is 0 Å². The third-order valence-corrected chi connectivity index (χ3v) is 37.1. The SMILES string of the molecule is C1C[Si]2=[Zr]=[Si]1CC2.CC(C)(C)c1ccc2c(c1)[cH-]c1cc(C(C)(C)C)ccc12.[C-]1=CC=CC1.[Cl-].[Cl-]. The second-order valence-corrected chi connectivity index (χ2v) is 33.0. The number of rotatable bonds is 0. The molecule has 0 unspecified atom stereocenters. The van der Waals surface area contributed by atoms with Crippen molar-refractivity contribution in [3.05, 3.63) is 77.9 Å². The number of fused-ring (bicyclic) bond motifs is 3. The molecule has 188 valence electrons. The molecule has 0 fully saturated rings. The maximum absolute atomic E-state index is 2.99. The predicted molar refractivity (Wildman–Crippen MR) is 147 cm³/mol. The number of allylic oxidation sites excluding steroid dienone is 4. The van der Waals surface area contributed by atoms with Crippen molar-refractivity contribution in [2.24, 2.45) is 0 Å². The minimum atomic E-state index is 0. The molecule has 0 saturated carbocycles. The van der Waals surface area contributed by atoms with E-state index in [9.17, 15) is 0 Å². The molecule has 0 nitrogen and oxygen atoms in total. The molecule has 3 aromatic rings. The van der Waals surface area contributed by atoms with Gasteiger partial charge in [0.05, 0.1) is 0 Å². The summed E-state index contributed by atoms with van der Waals surface area (Å²) in [5.41, 5.74) is 4.29. The van der Waals surface area contributed by atoms with Gasteiger partial charge in [0, 0.05) is 0 Å². The molecule has 0 spiro atoms. The van der Waals surface area contributed by atoms with E-state index in [2.05, 4.69) is 96.2 Å². The largest absolute Gasteiger partial charge is 1.00 e. The van der Waals surface area contributed by atoms with Crippen molar-refractivity contribution in [1.82, 2.24) is 0 Å². The average molecular weight is 617 g/mol. The molecule has 0 saturated heterocycles. The van der Waals surface area contributed by atoms with Crippen LogP contribution in [0.25, 0.3) is 21.5 Å².